The van der Waals surface area contributed by atoms with Crippen LogP contribution in [0.15, 0.2) is 58.5 Å². The predicted octanol–water partition coefficient (Wildman–Crippen LogP) is 2.91. The molecule has 0 aliphatic heterocycles. The zero-order valence-corrected chi connectivity index (χ0v) is 12.3. The van der Waals surface area contributed by atoms with Crippen LogP contribution in [0, 0.1) is 0 Å². The molecule has 0 radical (unpaired) electrons. The van der Waals surface area contributed by atoms with Gasteiger partial charge in [-0.2, -0.15) is 0 Å². The fraction of sp³-hybridized carbons (Fsp3) is 0.0625. The predicted molar refractivity (Wildman–Crippen MR) is 85.3 cm³/mol. The van der Waals surface area contributed by atoms with Gasteiger partial charge in [0.25, 0.3) is 5.56 Å². The molecule has 0 spiro atoms. The lowest BCUT2D eigenvalue weighted by atomic mass is 10.1. The largest absolute Gasteiger partial charge is 0.478 e. The second-order valence-electron chi connectivity index (χ2n) is 4.68. The highest BCUT2D eigenvalue weighted by molar-refractivity contribution is 7.98. The first-order chi connectivity index (χ1) is 10.6. The molecule has 0 saturated carbocycles. The van der Waals surface area contributed by atoms with E-state index in [1.54, 1.807) is 36.4 Å². The van der Waals surface area contributed by atoms with Crippen molar-refractivity contribution < 1.29 is 9.90 Å². The van der Waals surface area contributed by atoms with Crippen molar-refractivity contribution in [3.8, 4) is 0 Å². The number of aromatic carboxylic acids is 1. The Morgan fingerprint density at radius 3 is 2.82 bits per heavy atom. The first kappa shape index (κ1) is 14.3. The number of nitrogens with one attached hydrogen (secondary N) is 1. The van der Waals surface area contributed by atoms with Crippen LogP contribution < -0.4 is 5.56 Å². The quantitative estimate of drug-likeness (QED) is 0.572. The van der Waals surface area contributed by atoms with Gasteiger partial charge in [0.05, 0.1) is 16.5 Å². The molecule has 0 aliphatic carbocycles. The van der Waals surface area contributed by atoms with Crippen molar-refractivity contribution in [2.75, 3.05) is 0 Å². The van der Waals surface area contributed by atoms with Gasteiger partial charge in [-0.15, -0.1) is 0 Å². The molecular weight excluding hydrogens is 300 g/mol. The third kappa shape index (κ3) is 3.01. The molecule has 0 saturated heterocycles. The van der Waals surface area contributed by atoms with E-state index in [0.29, 0.717) is 21.8 Å². The smallest absolute Gasteiger partial charge is 0.335 e. The minimum Gasteiger partial charge on any atom is -0.478 e. The molecule has 6 heteroatoms. The fourth-order valence-corrected chi connectivity index (χ4v) is 2.89. The highest BCUT2D eigenvalue weighted by Gasteiger charge is 2.06. The lowest BCUT2D eigenvalue weighted by Crippen LogP contribution is -2.08. The van der Waals surface area contributed by atoms with Crippen LogP contribution in [0.5, 0.6) is 0 Å². The molecule has 0 amide bonds. The Labute approximate surface area is 130 Å². The van der Waals surface area contributed by atoms with Crippen LogP contribution in [0.25, 0.3) is 10.9 Å². The molecule has 5 nitrogen and oxygen atoms in total. The van der Waals surface area contributed by atoms with Gasteiger partial charge in [0.15, 0.2) is 5.16 Å². The number of rotatable bonds is 4. The summed E-state index contributed by atoms with van der Waals surface area (Å²) in [5, 5.41) is 10.1. The van der Waals surface area contributed by atoms with Crippen LogP contribution >= 0.6 is 11.8 Å². The van der Waals surface area contributed by atoms with Gasteiger partial charge in [-0.25, -0.2) is 9.78 Å². The molecule has 0 aliphatic rings. The summed E-state index contributed by atoms with van der Waals surface area (Å²) in [7, 11) is 0. The molecular formula is C16H12N2O3S. The molecule has 2 aromatic carbocycles. The monoisotopic (exact) mass is 312 g/mol. The van der Waals surface area contributed by atoms with Gasteiger partial charge < -0.3 is 10.1 Å². The van der Waals surface area contributed by atoms with E-state index >= 15 is 0 Å². The second-order valence-corrected chi connectivity index (χ2v) is 5.65. The topological polar surface area (TPSA) is 83.0 Å². The molecule has 110 valence electrons. The highest BCUT2D eigenvalue weighted by atomic mass is 32.2. The van der Waals surface area contributed by atoms with Gasteiger partial charge in [0.2, 0.25) is 0 Å². The Morgan fingerprint density at radius 1 is 1.18 bits per heavy atom. The number of carboxylic acids is 1. The summed E-state index contributed by atoms with van der Waals surface area (Å²) in [4.78, 5) is 30.1. The van der Waals surface area contributed by atoms with Gasteiger partial charge in [-0.05, 0) is 29.8 Å². The number of aromatic amines is 1. The standard InChI is InChI=1S/C16H12N2O3S/c19-14-12-6-1-2-7-13(12)17-16(18-14)22-9-10-4-3-5-11(8-10)15(20)21/h1-8H,9H2,(H,20,21)(H,17,18,19). The van der Waals surface area contributed by atoms with Crippen molar-refractivity contribution in [1.29, 1.82) is 0 Å². The normalized spacial score (nSPS) is 10.7. The minimum atomic E-state index is -0.955. The molecule has 22 heavy (non-hydrogen) atoms. The van der Waals surface area contributed by atoms with Crippen molar-refractivity contribution >= 4 is 28.6 Å². The Morgan fingerprint density at radius 2 is 2.00 bits per heavy atom. The van der Waals surface area contributed by atoms with Gasteiger partial charge in [-0.3, -0.25) is 4.79 Å². The van der Waals surface area contributed by atoms with Crippen LogP contribution in [0.2, 0.25) is 0 Å². The Kier molecular flexibility index (Phi) is 3.93. The number of fused-ring (bicyclic) bond motifs is 1. The molecule has 2 N–H and O–H groups in total. The summed E-state index contributed by atoms with van der Waals surface area (Å²) in [6.07, 6.45) is 0. The van der Waals surface area contributed by atoms with Crippen LogP contribution in [0.4, 0.5) is 0 Å². The number of carboxylic acid groups (broad SMARTS) is 1. The maximum atomic E-state index is 12.0. The van der Waals surface area contributed by atoms with Gasteiger partial charge in [0.1, 0.15) is 0 Å². The lowest BCUT2D eigenvalue weighted by Gasteiger charge is -2.04. The van der Waals surface area contributed by atoms with E-state index in [9.17, 15) is 9.59 Å². The third-order valence-electron chi connectivity index (χ3n) is 3.14. The minimum absolute atomic E-state index is 0.174. The fourth-order valence-electron chi connectivity index (χ4n) is 2.08. The van der Waals surface area contributed by atoms with E-state index in [1.165, 1.54) is 11.8 Å². The number of benzene rings is 2. The van der Waals surface area contributed by atoms with Crippen molar-refractivity contribution in [3.63, 3.8) is 0 Å². The number of hydrogen-bond acceptors (Lipinski definition) is 4. The summed E-state index contributed by atoms with van der Waals surface area (Å²) in [5.41, 5.74) is 1.58. The molecule has 0 bridgehead atoms. The van der Waals surface area contributed by atoms with Crippen molar-refractivity contribution in [2.24, 2.45) is 0 Å². The zero-order chi connectivity index (χ0) is 15.5. The average molecular weight is 312 g/mol. The van der Waals surface area contributed by atoms with E-state index in [2.05, 4.69) is 9.97 Å². The number of thioether (sulfide) groups is 1. The number of hydrogen-bond donors (Lipinski definition) is 2. The number of aromatic nitrogens is 2. The Hall–Kier alpha value is -2.60. The SMILES string of the molecule is O=C(O)c1cccc(CSc2nc3ccccc3c(=O)[nH]2)c1. The summed E-state index contributed by atoms with van der Waals surface area (Å²) < 4.78 is 0. The molecule has 3 rings (SSSR count). The van der Waals surface area contributed by atoms with E-state index in [-0.39, 0.29) is 11.1 Å². The van der Waals surface area contributed by atoms with E-state index < -0.39 is 5.97 Å². The number of carbonyl (C=O) groups is 1. The molecule has 1 aromatic heterocycles. The van der Waals surface area contributed by atoms with Crippen LogP contribution in [0.1, 0.15) is 15.9 Å². The van der Waals surface area contributed by atoms with Crippen molar-refractivity contribution in [1.82, 2.24) is 9.97 Å². The molecule has 0 fully saturated rings. The van der Waals surface area contributed by atoms with Gasteiger partial charge in [-0.1, -0.05) is 36.0 Å². The summed E-state index contributed by atoms with van der Waals surface area (Å²) >= 11 is 1.36. The maximum absolute atomic E-state index is 12.0. The van der Waals surface area contributed by atoms with Gasteiger partial charge >= 0.3 is 5.97 Å². The molecule has 3 aromatic rings. The summed E-state index contributed by atoms with van der Waals surface area (Å²) in [5.74, 6) is -0.424. The summed E-state index contributed by atoms with van der Waals surface area (Å²) in [6.45, 7) is 0. The van der Waals surface area contributed by atoms with E-state index in [4.69, 9.17) is 5.11 Å². The number of nitrogens with zero attached hydrogens (tertiary/aromatic N) is 1. The van der Waals surface area contributed by atoms with E-state index in [0.717, 1.165) is 5.56 Å². The Bertz CT molecular complexity index is 905. The second kappa shape index (κ2) is 6.03. The lowest BCUT2D eigenvalue weighted by molar-refractivity contribution is 0.0697. The number of para-hydroxylation sites is 1. The molecule has 0 unspecified atom stereocenters. The third-order valence-corrected chi connectivity index (χ3v) is 4.09. The average Bonchev–Trinajstić information content (AvgIpc) is 2.53. The van der Waals surface area contributed by atoms with Crippen LogP contribution in [-0.2, 0) is 5.75 Å². The van der Waals surface area contributed by atoms with Crippen LogP contribution in [-0.4, -0.2) is 21.0 Å². The maximum Gasteiger partial charge on any atom is 0.335 e. The number of H-pyrrole nitrogens is 1. The first-order valence-electron chi connectivity index (χ1n) is 6.57. The van der Waals surface area contributed by atoms with Gasteiger partial charge in [0, 0.05) is 5.75 Å². The van der Waals surface area contributed by atoms with Crippen molar-refractivity contribution in [2.45, 2.75) is 10.9 Å². The molecule has 0 atom stereocenters. The van der Waals surface area contributed by atoms with Crippen molar-refractivity contribution in [3.05, 3.63) is 70.0 Å². The first-order valence-corrected chi connectivity index (χ1v) is 7.56. The van der Waals surface area contributed by atoms with E-state index in [1.807, 2.05) is 12.1 Å². The zero-order valence-electron chi connectivity index (χ0n) is 11.4. The highest BCUT2D eigenvalue weighted by Crippen LogP contribution is 2.20. The summed E-state index contributed by atoms with van der Waals surface area (Å²) in [6, 6.07) is 13.9. The van der Waals surface area contributed by atoms with Crippen LogP contribution in [0.3, 0.4) is 0 Å². The Balaban J connectivity index is 1.83. The molecule has 1 heterocycles.